The molecule has 1 aliphatic heterocycles. The number of halogens is 1. The molecule has 11 heteroatoms. The van der Waals surface area contributed by atoms with Gasteiger partial charge in [0, 0.05) is 33.2 Å². The van der Waals surface area contributed by atoms with Crippen LogP contribution in [-0.4, -0.2) is 63.0 Å². The number of nitro groups is 1. The second-order valence-electron chi connectivity index (χ2n) is 9.91. The van der Waals surface area contributed by atoms with Crippen molar-refractivity contribution in [3.8, 4) is 12.3 Å². The smallest absolute Gasteiger partial charge is 0.358 e. The molecule has 3 aromatic rings. The summed E-state index contributed by atoms with van der Waals surface area (Å²) in [5.74, 6) is 3.04. The zero-order chi connectivity index (χ0) is 28.2. The van der Waals surface area contributed by atoms with E-state index in [-0.39, 0.29) is 18.0 Å². The number of hydrogen-bond acceptors (Lipinski definition) is 8. The van der Waals surface area contributed by atoms with E-state index in [1.54, 1.807) is 25.3 Å². The average Bonchev–Trinajstić information content (AvgIpc) is 3.24. The van der Waals surface area contributed by atoms with Crippen LogP contribution >= 0.6 is 15.9 Å². The Bertz CT molecular complexity index is 1600. The molecule has 0 spiro atoms. The zero-order valence-electron chi connectivity index (χ0n) is 21.8. The third-order valence-electron chi connectivity index (χ3n) is 6.10. The van der Waals surface area contributed by atoms with E-state index in [1.807, 2.05) is 32.3 Å². The van der Waals surface area contributed by atoms with Crippen LogP contribution in [0.15, 0.2) is 69.8 Å². The second-order valence-corrected chi connectivity index (χ2v) is 10.8. The van der Waals surface area contributed by atoms with E-state index >= 15 is 0 Å². The van der Waals surface area contributed by atoms with Gasteiger partial charge in [-0.1, -0.05) is 5.92 Å². The number of rotatable bonds is 10. The van der Waals surface area contributed by atoms with Crippen LogP contribution in [0.5, 0.6) is 0 Å². The lowest BCUT2D eigenvalue weighted by molar-refractivity contribution is -0.880. The molecule has 1 aliphatic rings. The molecule has 0 unspecified atom stereocenters. The fraction of sp³-hybridized carbons (Fsp3) is 0.250. The number of likely N-dealkylation sites (N-methyl/N-ethyl adjacent to an activating group) is 1. The minimum atomic E-state index is -0.429. The maximum atomic E-state index is 12.7. The molecule has 10 nitrogen and oxygen atoms in total. The summed E-state index contributed by atoms with van der Waals surface area (Å²) in [6, 6.07) is 7.38. The van der Waals surface area contributed by atoms with Crippen molar-refractivity contribution in [1.82, 2.24) is 15.0 Å². The lowest BCUT2D eigenvalue weighted by atomic mass is 10.1. The molecule has 0 saturated carbocycles. The number of nitrogens with zero attached hydrogens (tertiary/aromatic N) is 6. The number of carbonyl (C=O) groups excluding carboxylic acids is 1. The highest BCUT2D eigenvalue weighted by Crippen LogP contribution is 2.26. The Balaban J connectivity index is 1.43. The topological polar surface area (TPSA) is 123 Å². The lowest BCUT2D eigenvalue weighted by Gasteiger charge is -2.28. The monoisotopic (exact) mass is 588 g/mol. The Morgan fingerprint density at radius 2 is 2.08 bits per heavy atom. The molecule has 198 valence electrons. The van der Waals surface area contributed by atoms with Crippen LogP contribution in [0.1, 0.15) is 24.6 Å². The van der Waals surface area contributed by atoms with E-state index in [4.69, 9.17) is 6.42 Å². The van der Waals surface area contributed by atoms with Crippen LogP contribution in [0.25, 0.3) is 10.9 Å². The SMILES string of the molecule is C#Cc1cc(Nc2ncnc3cnc(CC(=O)/C=C/C[N+](C)(C)CC4=C([N+](=O)[O-])N=C(C)C4)cc23)ccc1Br. The van der Waals surface area contributed by atoms with Crippen molar-refractivity contribution < 1.29 is 14.2 Å². The van der Waals surface area contributed by atoms with Gasteiger partial charge in [0.25, 0.3) is 0 Å². The number of benzene rings is 1. The average molecular weight is 589 g/mol. The van der Waals surface area contributed by atoms with Crippen LogP contribution in [0.3, 0.4) is 0 Å². The first-order valence-corrected chi connectivity index (χ1v) is 12.9. The van der Waals surface area contributed by atoms with Crippen molar-refractivity contribution in [1.29, 1.82) is 0 Å². The van der Waals surface area contributed by atoms with Crippen LogP contribution in [0.2, 0.25) is 0 Å². The number of allylic oxidation sites excluding steroid dienone is 1. The quantitative estimate of drug-likeness (QED) is 0.121. The van der Waals surface area contributed by atoms with Crippen LogP contribution < -0.4 is 5.32 Å². The zero-order valence-corrected chi connectivity index (χ0v) is 23.4. The first kappa shape index (κ1) is 27.8. The van der Waals surface area contributed by atoms with Gasteiger partial charge in [0.05, 0.1) is 44.3 Å². The van der Waals surface area contributed by atoms with Gasteiger partial charge < -0.3 is 19.9 Å². The number of pyridine rings is 1. The van der Waals surface area contributed by atoms with Gasteiger partial charge in [0.2, 0.25) is 0 Å². The van der Waals surface area contributed by atoms with Gasteiger partial charge in [-0.05, 0) is 69.2 Å². The number of aliphatic imine (C=N–C) groups is 1. The number of anilines is 2. The summed E-state index contributed by atoms with van der Waals surface area (Å²) in [6.45, 7) is 2.79. The molecule has 0 atom stereocenters. The standard InChI is InChI=1S/C28H27BrN7O3/c1-5-19-12-21(8-9-25(19)29)34-27-24-14-22(30-15-26(24)31-17-32-27)13-23(37)7-6-10-36(3,4)16-20-11-18(2)33-28(20)35(38)39/h1,6-9,12,14-15,17H,10-11,13,16H2,2-4H3,(H,31,32,34)/q+1/b7-6+. The summed E-state index contributed by atoms with van der Waals surface area (Å²) in [5, 5.41) is 15.3. The third kappa shape index (κ3) is 6.98. The van der Waals surface area contributed by atoms with Gasteiger partial charge in [-0.2, -0.15) is 0 Å². The van der Waals surface area contributed by atoms with Crippen molar-refractivity contribution in [2.45, 2.75) is 19.8 Å². The molecule has 0 amide bonds. The molecule has 0 saturated heterocycles. The molecule has 0 aliphatic carbocycles. The summed E-state index contributed by atoms with van der Waals surface area (Å²) < 4.78 is 1.28. The first-order chi connectivity index (χ1) is 18.5. The van der Waals surface area contributed by atoms with Gasteiger partial charge in [0.15, 0.2) is 5.78 Å². The number of nitrogens with one attached hydrogen (secondary N) is 1. The number of terminal acetylenes is 1. The van der Waals surface area contributed by atoms with Gasteiger partial charge in [-0.25, -0.2) is 9.97 Å². The van der Waals surface area contributed by atoms with Crippen molar-refractivity contribution >= 4 is 49.8 Å². The highest BCUT2D eigenvalue weighted by Gasteiger charge is 2.31. The number of fused-ring (bicyclic) bond motifs is 1. The largest absolute Gasteiger partial charge is 0.368 e. The molecular weight excluding hydrogens is 562 g/mol. The Morgan fingerprint density at radius 1 is 1.28 bits per heavy atom. The van der Waals surface area contributed by atoms with E-state index in [9.17, 15) is 14.9 Å². The van der Waals surface area contributed by atoms with Crippen molar-refractivity contribution in [3.05, 3.63) is 86.2 Å². The maximum absolute atomic E-state index is 12.7. The van der Waals surface area contributed by atoms with Crippen molar-refractivity contribution in [2.75, 3.05) is 32.5 Å². The Kier molecular flexibility index (Phi) is 8.28. The summed E-state index contributed by atoms with van der Waals surface area (Å²) in [4.78, 5) is 40.7. The first-order valence-electron chi connectivity index (χ1n) is 12.1. The number of quaternary nitrogens is 1. The Labute approximate surface area is 234 Å². The highest BCUT2D eigenvalue weighted by atomic mass is 79.9. The molecule has 0 bridgehead atoms. The van der Waals surface area contributed by atoms with Gasteiger partial charge in [-0.3, -0.25) is 9.78 Å². The minimum absolute atomic E-state index is 0.0596. The Hall–Kier alpha value is -4.27. The number of ketones is 1. The lowest BCUT2D eigenvalue weighted by Crippen LogP contribution is -2.41. The van der Waals surface area contributed by atoms with Crippen LogP contribution in [0.4, 0.5) is 11.5 Å². The summed E-state index contributed by atoms with van der Waals surface area (Å²) in [7, 11) is 3.93. The molecule has 0 radical (unpaired) electrons. The van der Waals surface area contributed by atoms with Gasteiger partial charge >= 0.3 is 5.82 Å². The van der Waals surface area contributed by atoms with Crippen LogP contribution in [-0.2, 0) is 11.2 Å². The van der Waals surface area contributed by atoms with Crippen molar-refractivity contribution in [2.24, 2.45) is 4.99 Å². The Morgan fingerprint density at radius 3 is 2.82 bits per heavy atom. The molecule has 1 aromatic carbocycles. The normalized spacial score (nSPS) is 13.6. The number of aromatic nitrogens is 3. The fourth-order valence-electron chi connectivity index (χ4n) is 4.32. The second kappa shape index (κ2) is 11.6. The van der Waals surface area contributed by atoms with E-state index in [0.717, 1.165) is 21.3 Å². The number of carbonyl (C=O) groups is 1. The molecule has 0 fully saturated rings. The maximum Gasteiger partial charge on any atom is 0.368 e. The summed E-state index contributed by atoms with van der Waals surface area (Å²) in [5.41, 5.74) is 4.15. The predicted octanol–water partition coefficient (Wildman–Crippen LogP) is 4.61. The third-order valence-corrected chi connectivity index (χ3v) is 6.79. The molecule has 39 heavy (non-hydrogen) atoms. The van der Waals surface area contributed by atoms with E-state index < -0.39 is 4.92 Å². The molecule has 2 aromatic heterocycles. The van der Waals surface area contributed by atoms with E-state index in [1.165, 1.54) is 12.4 Å². The molecule has 1 N–H and O–H groups in total. The van der Waals surface area contributed by atoms with Crippen LogP contribution in [0, 0.1) is 22.5 Å². The van der Waals surface area contributed by atoms with E-state index in [0.29, 0.717) is 52.2 Å². The summed E-state index contributed by atoms with van der Waals surface area (Å²) >= 11 is 3.43. The fourth-order valence-corrected chi connectivity index (χ4v) is 4.68. The highest BCUT2D eigenvalue weighted by molar-refractivity contribution is 9.10. The number of hydrogen-bond donors (Lipinski definition) is 1. The minimum Gasteiger partial charge on any atom is -0.358 e. The van der Waals surface area contributed by atoms with Crippen molar-refractivity contribution in [3.63, 3.8) is 0 Å². The summed E-state index contributed by atoms with van der Waals surface area (Å²) in [6.07, 6.45) is 12.6. The van der Waals surface area contributed by atoms with Gasteiger partial charge in [0.1, 0.15) is 24.4 Å². The molecular formula is C28H27BrN7O3+. The molecule has 3 heterocycles. The molecule has 4 rings (SSSR count). The van der Waals surface area contributed by atoms with E-state index in [2.05, 4.69) is 47.1 Å². The predicted molar refractivity (Wildman–Crippen MR) is 154 cm³/mol. The van der Waals surface area contributed by atoms with Gasteiger partial charge in [-0.15, -0.1) is 6.42 Å².